The number of nitrogen functional groups attached to an aromatic ring is 1. The zero-order chi connectivity index (χ0) is 13.4. The first-order valence-electron chi connectivity index (χ1n) is 6.94. The second-order valence-corrected chi connectivity index (χ2v) is 5.20. The summed E-state index contributed by atoms with van der Waals surface area (Å²) in [6.07, 6.45) is 4.91. The van der Waals surface area contributed by atoms with Gasteiger partial charge in [0.05, 0.1) is 0 Å². The quantitative estimate of drug-likeness (QED) is 0.712. The molecule has 102 valence electrons. The van der Waals surface area contributed by atoms with Crippen molar-refractivity contribution in [3.63, 3.8) is 0 Å². The molecule has 3 heteroatoms. The van der Waals surface area contributed by atoms with Gasteiger partial charge in [-0.3, -0.25) is 4.90 Å². The SMILES string of the molecule is CCCCN(CCCC)Cc1c(N)cccc1Cl. The lowest BCUT2D eigenvalue weighted by Gasteiger charge is -2.23. The summed E-state index contributed by atoms with van der Waals surface area (Å²) < 4.78 is 0. The number of nitrogens with zero attached hydrogens (tertiary/aromatic N) is 1. The van der Waals surface area contributed by atoms with Crippen LogP contribution in [0.25, 0.3) is 0 Å². The molecule has 1 rings (SSSR count). The zero-order valence-corrected chi connectivity index (χ0v) is 12.3. The summed E-state index contributed by atoms with van der Waals surface area (Å²) in [5.74, 6) is 0. The third-order valence-corrected chi connectivity index (χ3v) is 3.55. The number of hydrogen-bond donors (Lipinski definition) is 1. The highest BCUT2D eigenvalue weighted by molar-refractivity contribution is 6.31. The van der Waals surface area contributed by atoms with Gasteiger partial charge in [-0.2, -0.15) is 0 Å². The lowest BCUT2D eigenvalue weighted by molar-refractivity contribution is 0.257. The van der Waals surface area contributed by atoms with Crippen LogP contribution in [0.2, 0.25) is 5.02 Å². The summed E-state index contributed by atoms with van der Waals surface area (Å²) in [6, 6.07) is 5.76. The average Bonchev–Trinajstić information content (AvgIpc) is 2.36. The number of rotatable bonds is 8. The first-order chi connectivity index (χ1) is 8.69. The summed E-state index contributed by atoms with van der Waals surface area (Å²) in [6.45, 7) is 7.57. The molecule has 2 N–H and O–H groups in total. The van der Waals surface area contributed by atoms with Gasteiger partial charge in [-0.1, -0.05) is 44.4 Å². The van der Waals surface area contributed by atoms with Gasteiger partial charge in [0.15, 0.2) is 0 Å². The van der Waals surface area contributed by atoms with E-state index >= 15 is 0 Å². The molecule has 2 nitrogen and oxygen atoms in total. The second-order valence-electron chi connectivity index (χ2n) is 4.79. The summed E-state index contributed by atoms with van der Waals surface area (Å²) in [7, 11) is 0. The highest BCUT2D eigenvalue weighted by Crippen LogP contribution is 2.23. The molecule has 0 fully saturated rings. The third-order valence-electron chi connectivity index (χ3n) is 3.19. The lowest BCUT2D eigenvalue weighted by atomic mass is 10.1. The molecule has 1 aromatic rings. The molecule has 0 saturated heterocycles. The highest BCUT2D eigenvalue weighted by Gasteiger charge is 2.10. The number of anilines is 1. The van der Waals surface area contributed by atoms with Gasteiger partial charge in [0.2, 0.25) is 0 Å². The zero-order valence-electron chi connectivity index (χ0n) is 11.6. The maximum absolute atomic E-state index is 6.24. The largest absolute Gasteiger partial charge is 0.398 e. The number of benzene rings is 1. The molecule has 18 heavy (non-hydrogen) atoms. The number of unbranched alkanes of at least 4 members (excludes halogenated alkanes) is 2. The van der Waals surface area contributed by atoms with Gasteiger partial charge in [-0.05, 0) is 38.1 Å². The molecule has 0 aliphatic heterocycles. The first kappa shape index (κ1) is 15.3. The lowest BCUT2D eigenvalue weighted by Crippen LogP contribution is -2.26. The maximum Gasteiger partial charge on any atom is 0.0471 e. The van der Waals surface area contributed by atoms with Crippen molar-refractivity contribution in [1.29, 1.82) is 0 Å². The Morgan fingerprint density at radius 2 is 1.72 bits per heavy atom. The first-order valence-corrected chi connectivity index (χ1v) is 7.32. The molecule has 0 radical (unpaired) electrons. The maximum atomic E-state index is 6.24. The molecule has 1 aromatic carbocycles. The van der Waals surface area contributed by atoms with Crippen molar-refractivity contribution in [2.45, 2.75) is 46.1 Å². The Bertz CT molecular complexity index is 324. The van der Waals surface area contributed by atoms with Crippen LogP contribution in [0.15, 0.2) is 18.2 Å². The fourth-order valence-electron chi connectivity index (χ4n) is 2.00. The van der Waals surface area contributed by atoms with E-state index in [1.54, 1.807) is 0 Å². The van der Waals surface area contributed by atoms with Crippen molar-refractivity contribution in [2.75, 3.05) is 18.8 Å². The van der Waals surface area contributed by atoms with Crippen LogP contribution in [-0.4, -0.2) is 18.0 Å². The van der Waals surface area contributed by atoms with Crippen molar-refractivity contribution < 1.29 is 0 Å². The van der Waals surface area contributed by atoms with Crippen LogP contribution in [0.5, 0.6) is 0 Å². The second kappa shape index (κ2) is 8.39. The van der Waals surface area contributed by atoms with E-state index in [2.05, 4.69) is 18.7 Å². The third kappa shape index (κ3) is 4.87. The molecule has 0 aromatic heterocycles. The molecule has 0 atom stereocenters. The van der Waals surface area contributed by atoms with E-state index in [9.17, 15) is 0 Å². The van der Waals surface area contributed by atoms with Gasteiger partial charge < -0.3 is 5.73 Å². The topological polar surface area (TPSA) is 29.3 Å². The van der Waals surface area contributed by atoms with Crippen LogP contribution >= 0.6 is 11.6 Å². The van der Waals surface area contributed by atoms with Gasteiger partial charge in [-0.15, -0.1) is 0 Å². The molecule has 0 heterocycles. The van der Waals surface area contributed by atoms with Gasteiger partial charge in [0.25, 0.3) is 0 Å². The van der Waals surface area contributed by atoms with Gasteiger partial charge in [0, 0.05) is 22.8 Å². The van der Waals surface area contributed by atoms with Crippen LogP contribution < -0.4 is 5.73 Å². The monoisotopic (exact) mass is 268 g/mol. The molecular weight excluding hydrogens is 244 g/mol. The van der Waals surface area contributed by atoms with Crippen molar-refractivity contribution in [3.05, 3.63) is 28.8 Å². The number of hydrogen-bond acceptors (Lipinski definition) is 2. The van der Waals surface area contributed by atoms with Crippen LogP contribution in [-0.2, 0) is 6.54 Å². The van der Waals surface area contributed by atoms with Crippen LogP contribution in [0.3, 0.4) is 0 Å². The van der Waals surface area contributed by atoms with E-state index in [1.165, 1.54) is 25.7 Å². The Morgan fingerprint density at radius 1 is 1.11 bits per heavy atom. The molecule has 0 saturated carbocycles. The van der Waals surface area contributed by atoms with E-state index in [-0.39, 0.29) is 0 Å². The normalized spacial score (nSPS) is 11.1. The Kier molecular flexibility index (Phi) is 7.14. The van der Waals surface area contributed by atoms with E-state index in [1.807, 2.05) is 18.2 Å². The van der Waals surface area contributed by atoms with Gasteiger partial charge in [-0.25, -0.2) is 0 Å². The molecule has 0 spiro atoms. The molecule has 0 bridgehead atoms. The summed E-state index contributed by atoms with van der Waals surface area (Å²) >= 11 is 6.24. The fourth-order valence-corrected chi connectivity index (χ4v) is 2.24. The van der Waals surface area contributed by atoms with Crippen molar-refractivity contribution >= 4 is 17.3 Å². The number of nitrogens with two attached hydrogens (primary N) is 1. The summed E-state index contributed by atoms with van der Waals surface area (Å²) in [5, 5.41) is 0.785. The average molecular weight is 269 g/mol. The van der Waals surface area contributed by atoms with Crippen molar-refractivity contribution in [2.24, 2.45) is 0 Å². The minimum atomic E-state index is 0.785. The molecular formula is C15H25ClN2. The highest BCUT2D eigenvalue weighted by atomic mass is 35.5. The van der Waals surface area contributed by atoms with E-state index in [0.717, 1.165) is 35.9 Å². The number of halogens is 1. The van der Waals surface area contributed by atoms with Crippen LogP contribution in [0, 0.1) is 0 Å². The predicted molar refractivity (Wildman–Crippen MR) is 81.0 cm³/mol. The minimum Gasteiger partial charge on any atom is -0.398 e. The molecule has 0 aliphatic rings. The van der Waals surface area contributed by atoms with Gasteiger partial charge >= 0.3 is 0 Å². The summed E-state index contributed by atoms with van der Waals surface area (Å²) in [5.41, 5.74) is 7.90. The smallest absolute Gasteiger partial charge is 0.0471 e. The Morgan fingerprint density at radius 3 is 2.22 bits per heavy atom. The van der Waals surface area contributed by atoms with E-state index in [4.69, 9.17) is 17.3 Å². The predicted octanol–water partition coefficient (Wildman–Crippen LogP) is 4.32. The Labute approximate surface area is 116 Å². The fraction of sp³-hybridized carbons (Fsp3) is 0.600. The van der Waals surface area contributed by atoms with E-state index < -0.39 is 0 Å². The van der Waals surface area contributed by atoms with Crippen molar-refractivity contribution in [1.82, 2.24) is 4.90 Å². The van der Waals surface area contributed by atoms with Crippen LogP contribution in [0.1, 0.15) is 45.1 Å². The standard InChI is InChI=1S/C15H25ClN2/c1-3-5-10-18(11-6-4-2)12-13-14(16)8-7-9-15(13)17/h7-9H,3-6,10-12,17H2,1-2H3. The van der Waals surface area contributed by atoms with Crippen molar-refractivity contribution in [3.8, 4) is 0 Å². The molecule has 0 aliphatic carbocycles. The Balaban J connectivity index is 2.68. The van der Waals surface area contributed by atoms with E-state index in [0.29, 0.717) is 0 Å². The summed E-state index contributed by atoms with van der Waals surface area (Å²) in [4.78, 5) is 2.46. The Hall–Kier alpha value is -0.730. The minimum absolute atomic E-state index is 0.785. The molecule has 0 unspecified atom stereocenters. The van der Waals surface area contributed by atoms with Crippen LogP contribution in [0.4, 0.5) is 5.69 Å². The molecule has 0 amide bonds. The van der Waals surface area contributed by atoms with Gasteiger partial charge in [0.1, 0.15) is 0 Å².